The van der Waals surface area contributed by atoms with Crippen molar-refractivity contribution in [2.75, 3.05) is 19.6 Å². The van der Waals surface area contributed by atoms with Crippen molar-refractivity contribution in [3.05, 3.63) is 23.7 Å². The van der Waals surface area contributed by atoms with Gasteiger partial charge in [0.25, 0.3) is 0 Å². The highest BCUT2D eigenvalue weighted by molar-refractivity contribution is 5.17. The zero-order valence-corrected chi connectivity index (χ0v) is 12.5. The fourth-order valence-corrected chi connectivity index (χ4v) is 2.98. The number of rotatable bonds is 7. The molecular weight excluding hydrogens is 236 g/mol. The Kier molecular flexibility index (Phi) is 5.93. The average molecular weight is 264 g/mol. The monoisotopic (exact) mass is 264 g/mol. The Balaban J connectivity index is 1.80. The normalized spacial score (nSPS) is 18.0. The van der Waals surface area contributed by atoms with Crippen LogP contribution in [0.5, 0.6) is 0 Å². The van der Waals surface area contributed by atoms with Gasteiger partial charge in [0.1, 0.15) is 5.76 Å². The van der Waals surface area contributed by atoms with Gasteiger partial charge in [0, 0.05) is 12.1 Å². The highest BCUT2D eigenvalue weighted by Gasteiger charge is 2.19. The van der Waals surface area contributed by atoms with Crippen molar-refractivity contribution in [1.29, 1.82) is 0 Å². The molecular formula is C16H28N2O. The Hall–Kier alpha value is -0.800. The van der Waals surface area contributed by atoms with E-state index in [-0.39, 0.29) is 0 Å². The van der Waals surface area contributed by atoms with E-state index >= 15 is 0 Å². The molecule has 0 amide bonds. The van der Waals surface area contributed by atoms with Crippen LogP contribution in [-0.2, 0) is 13.1 Å². The molecule has 3 heteroatoms. The standard InChI is InChI=1S/C16H28N2O/c1-3-5-14-6-9-18(10-7-14)13-15-8-11-19-16(15)12-17-4-2/h8,11,14,17H,3-7,9-10,12-13H2,1-2H3. The first-order valence-corrected chi connectivity index (χ1v) is 7.81. The fraction of sp³-hybridized carbons (Fsp3) is 0.750. The van der Waals surface area contributed by atoms with Crippen LogP contribution < -0.4 is 5.32 Å². The number of nitrogens with one attached hydrogen (secondary N) is 1. The average Bonchev–Trinajstić information content (AvgIpc) is 2.86. The Morgan fingerprint density at radius 3 is 2.79 bits per heavy atom. The first kappa shape index (κ1) is 14.6. The van der Waals surface area contributed by atoms with Gasteiger partial charge in [-0.05, 0) is 44.5 Å². The lowest BCUT2D eigenvalue weighted by molar-refractivity contribution is 0.171. The van der Waals surface area contributed by atoms with Gasteiger partial charge >= 0.3 is 0 Å². The lowest BCUT2D eigenvalue weighted by Gasteiger charge is -2.31. The summed E-state index contributed by atoms with van der Waals surface area (Å²) in [7, 11) is 0. The second-order valence-corrected chi connectivity index (χ2v) is 5.66. The van der Waals surface area contributed by atoms with E-state index in [1.807, 2.05) is 6.26 Å². The molecule has 0 saturated carbocycles. The summed E-state index contributed by atoms with van der Waals surface area (Å²) in [6, 6.07) is 2.13. The van der Waals surface area contributed by atoms with Gasteiger partial charge in [-0.2, -0.15) is 0 Å². The minimum Gasteiger partial charge on any atom is -0.468 e. The molecule has 0 bridgehead atoms. The molecule has 0 spiro atoms. The van der Waals surface area contributed by atoms with Crippen molar-refractivity contribution in [2.45, 2.75) is 52.6 Å². The zero-order valence-electron chi connectivity index (χ0n) is 12.5. The molecule has 1 aliphatic heterocycles. The SMILES string of the molecule is CCCC1CCN(Cc2ccoc2CNCC)CC1. The third kappa shape index (κ3) is 4.36. The first-order chi connectivity index (χ1) is 9.33. The van der Waals surface area contributed by atoms with Crippen LogP contribution in [0.4, 0.5) is 0 Å². The predicted molar refractivity (Wildman–Crippen MR) is 79.0 cm³/mol. The lowest BCUT2D eigenvalue weighted by Crippen LogP contribution is -2.33. The molecule has 0 atom stereocenters. The van der Waals surface area contributed by atoms with Crippen LogP contribution >= 0.6 is 0 Å². The molecule has 0 radical (unpaired) electrons. The summed E-state index contributed by atoms with van der Waals surface area (Å²) in [6.45, 7) is 9.81. The summed E-state index contributed by atoms with van der Waals surface area (Å²) in [5.74, 6) is 2.07. The number of piperidine rings is 1. The highest BCUT2D eigenvalue weighted by atomic mass is 16.3. The summed E-state index contributed by atoms with van der Waals surface area (Å²) in [4.78, 5) is 2.58. The van der Waals surface area contributed by atoms with E-state index in [1.54, 1.807) is 0 Å². The van der Waals surface area contributed by atoms with Crippen molar-refractivity contribution < 1.29 is 4.42 Å². The first-order valence-electron chi connectivity index (χ1n) is 7.81. The molecule has 108 valence electrons. The summed E-state index contributed by atoms with van der Waals surface area (Å²) < 4.78 is 5.58. The van der Waals surface area contributed by atoms with E-state index in [4.69, 9.17) is 4.42 Å². The Bertz CT molecular complexity index is 353. The molecule has 19 heavy (non-hydrogen) atoms. The number of furan rings is 1. The molecule has 1 aromatic heterocycles. The van der Waals surface area contributed by atoms with E-state index in [2.05, 4.69) is 30.1 Å². The molecule has 1 fully saturated rings. The molecule has 1 aliphatic rings. The topological polar surface area (TPSA) is 28.4 Å². The Morgan fingerprint density at radius 1 is 1.32 bits per heavy atom. The molecule has 2 heterocycles. The largest absolute Gasteiger partial charge is 0.468 e. The van der Waals surface area contributed by atoms with Crippen LogP contribution in [0.15, 0.2) is 16.7 Å². The molecule has 1 N–H and O–H groups in total. The van der Waals surface area contributed by atoms with Crippen molar-refractivity contribution >= 4 is 0 Å². The van der Waals surface area contributed by atoms with Crippen LogP contribution in [0, 0.1) is 5.92 Å². The van der Waals surface area contributed by atoms with E-state index in [0.29, 0.717) is 0 Å². The highest BCUT2D eigenvalue weighted by Crippen LogP contribution is 2.23. The second kappa shape index (κ2) is 7.71. The quantitative estimate of drug-likeness (QED) is 0.818. The van der Waals surface area contributed by atoms with Crippen LogP contribution in [0.25, 0.3) is 0 Å². The maximum absolute atomic E-state index is 5.58. The number of likely N-dealkylation sites (tertiary alicyclic amines) is 1. The lowest BCUT2D eigenvalue weighted by atomic mass is 9.92. The maximum Gasteiger partial charge on any atom is 0.122 e. The van der Waals surface area contributed by atoms with Gasteiger partial charge in [-0.25, -0.2) is 0 Å². The van der Waals surface area contributed by atoms with E-state index in [0.717, 1.165) is 31.3 Å². The summed E-state index contributed by atoms with van der Waals surface area (Å²) in [5, 5.41) is 3.34. The van der Waals surface area contributed by atoms with Crippen LogP contribution in [0.1, 0.15) is 50.9 Å². The van der Waals surface area contributed by atoms with E-state index in [9.17, 15) is 0 Å². The molecule has 0 aromatic carbocycles. The zero-order chi connectivity index (χ0) is 13.5. The maximum atomic E-state index is 5.58. The molecule has 3 nitrogen and oxygen atoms in total. The smallest absolute Gasteiger partial charge is 0.122 e. The number of nitrogens with zero attached hydrogens (tertiary/aromatic N) is 1. The van der Waals surface area contributed by atoms with Crippen molar-refractivity contribution in [1.82, 2.24) is 10.2 Å². The predicted octanol–water partition coefficient (Wildman–Crippen LogP) is 3.40. The van der Waals surface area contributed by atoms with Crippen LogP contribution in [-0.4, -0.2) is 24.5 Å². The van der Waals surface area contributed by atoms with Gasteiger partial charge in [0.05, 0.1) is 12.8 Å². The number of hydrogen-bond acceptors (Lipinski definition) is 3. The second-order valence-electron chi connectivity index (χ2n) is 5.66. The van der Waals surface area contributed by atoms with Gasteiger partial charge in [-0.3, -0.25) is 4.90 Å². The molecule has 0 unspecified atom stereocenters. The summed E-state index contributed by atoms with van der Waals surface area (Å²) >= 11 is 0. The van der Waals surface area contributed by atoms with Gasteiger partial charge < -0.3 is 9.73 Å². The van der Waals surface area contributed by atoms with Crippen molar-refractivity contribution in [3.63, 3.8) is 0 Å². The van der Waals surface area contributed by atoms with Gasteiger partial charge in [0.2, 0.25) is 0 Å². The Labute approximate surface area is 117 Å². The molecule has 2 rings (SSSR count). The van der Waals surface area contributed by atoms with Crippen molar-refractivity contribution in [3.8, 4) is 0 Å². The van der Waals surface area contributed by atoms with Gasteiger partial charge in [0.15, 0.2) is 0 Å². The van der Waals surface area contributed by atoms with E-state index < -0.39 is 0 Å². The molecule has 0 aliphatic carbocycles. The van der Waals surface area contributed by atoms with Crippen molar-refractivity contribution in [2.24, 2.45) is 5.92 Å². The Morgan fingerprint density at radius 2 is 2.11 bits per heavy atom. The summed E-state index contributed by atoms with van der Waals surface area (Å²) in [5.41, 5.74) is 1.36. The fourth-order valence-electron chi connectivity index (χ4n) is 2.98. The minimum absolute atomic E-state index is 0.852. The van der Waals surface area contributed by atoms with E-state index in [1.165, 1.54) is 44.3 Å². The third-order valence-corrected chi connectivity index (χ3v) is 4.17. The van der Waals surface area contributed by atoms with Gasteiger partial charge in [-0.1, -0.05) is 26.7 Å². The number of hydrogen-bond donors (Lipinski definition) is 1. The molecule has 1 aromatic rings. The summed E-state index contributed by atoms with van der Waals surface area (Å²) in [6.07, 6.45) is 7.30. The van der Waals surface area contributed by atoms with Crippen LogP contribution in [0.2, 0.25) is 0 Å². The van der Waals surface area contributed by atoms with Crippen LogP contribution in [0.3, 0.4) is 0 Å². The minimum atomic E-state index is 0.852. The van der Waals surface area contributed by atoms with Gasteiger partial charge in [-0.15, -0.1) is 0 Å². The molecule has 1 saturated heterocycles. The third-order valence-electron chi connectivity index (χ3n) is 4.17.